The molecule has 24 heavy (non-hydrogen) atoms. The first-order chi connectivity index (χ1) is 11.7. The predicted octanol–water partition coefficient (Wildman–Crippen LogP) is 1.92. The quantitative estimate of drug-likeness (QED) is 0.603. The van der Waals surface area contributed by atoms with Gasteiger partial charge in [-0.05, 0) is 50.9 Å². The van der Waals surface area contributed by atoms with E-state index in [1.54, 1.807) is 24.3 Å². The fourth-order valence-corrected chi connectivity index (χ4v) is 2.73. The molecule has 6 nitrogen and oxygen atoms in total. The summed E-state index contributed by atoms with van der Waals surface area (Å²) in [6.45, 7) is 4.83. The summed E-state index contributed by atoms with van der Waals surface area (Å²) < 4.78 is 5.23. The minimum Gasteiger partial charge on any atom is -0.382 e. The van der Waals surface area contributed by atoms with Crippen molar-refractivity contribution in [2.24, 2.45) is 0 Å². The molecule has 1 aliphatic rings. The van der Waals surface area contributed by atoms with E-state index in [1.165, 1.54) is 0 Å². The zero-order chi connectivity index (χ0) is 17.2. The van der Waals surface area contributed by atoms with Gasteiger partial charge in [-0.25, -0.2) is 0 Å². The lowest BCUT2D eigenvalue weighted by Crippen LogP contribution is -2.28. The lowest BCUT2D eigenvalue weighted by Gasteiger charge is -2.11. The first-order valence-corrected chi connectivity index (χ1v) is 8.68. The molecule has 1 heterocycles. The second-order valence-corrected chi connectivity index (χ2v) is 5.93. The molecule has 2 amide bonds. The van der Waals surface area contributed by atoms with E-state index in [0.29, 0.717) is 37.4 Å². The third-order valence-corrected chi connectivity index (χ3v) is 3.96. The number of nitrogens with one attached hydrogen (secondary N) is 3. The normalized spacial score (nSPS) is 16.8. The highest BCUT2D eigenvalue weighted by Gasteiger charge is 2.17. The fraction of sp³-hybridized carbons (Fsp3) is 0.556. The molecule has 0 spiro atoms. The summed E-state index contributed by atoms with van der Waals surface area (Å²) in [6, 6.07) is 7.29. The maximum Gasteiger partial charge on any atom is 0.251 e. The van der Waals surface area contributed by atoms with Gasteiger partial charge in [0.05, 0.1) is 0 Å². The van der Waals surface area contributed by atoms with Crippen LogP contribution in [0.2, 0.25) is 0 Å². The molecule has 1 aliphatic heterocycles. The molecular weight excluding hydrogens is 306 g/mol. The average Bonchev–Trinajstić information content (AvgIpc) is 3.07. The van der Waals surface area contributed by atoms with Crippen molar-refractivity contribution in [2.45, 2.75) is 38.6 Å². The SMILES string of the molecule is CCOCCCNC(=O)c1cccc(NC(=O)CC2CCCN2)c1. The Labute approximate surface area is 143 Å². The highest BCUT2D eigenvalue weighted by molar-refractivity contribution is 5.97. The van der Waals surface area contributed by atoms with Crippen molar-refractivity contribution in [3.63, 3.8) is 0 Å². The molecule has 0 saturated carbocycles. The number of carbonyl (C=O) groups excluding carboxylic acids is 2. The minimum atomic E-state index is -0.139. The fourth-order valence-electron chi connectivity index (χ4n) is 2.73. The average molecular weight is 333 g/mol. The van der Waals surface area contributed by atoms with E-state index < -0.39 is 0 Å². The molecule has 132 valence electrons. The van der Waals surface area contributed by atoms with Gasteiger partial charge in [0.25, 0.3) is 5.91 Å². The van der Waals surface area contributed by atoms with Crippen LogP contribution in [0.3, 0.4) is 0 Å². The standard InChI is InChI=1S/C18H27N3O3/c1-2-24-11-5-10-20-18(23)14-6-3-7-16(12-14)21-17(22)13-15-8-4-9-19-15/h3,6-7,12,15,19H,2,4-5,8-11,13H2,1H3,(H,20,23)(H,21,22). The lowest BCUT2D eigenvalue weighted by atomic mass is 10.1. The third-order valence-electron chi connectivity index (χ3n) is 3.96. The second-order valence-electron chi connectivity index (χ2n) is 5.93. The Morgan fingerprint density at radius 2 is 2.25 bits per heavy atom. The van der Waals surface area contributed by atoms with Crippen molar-refractivity contribution in [1.29, 1.82) is 0 Å². The van der Waals surface area contributed by atoms with Crippen LogP contribution in [-0.2, 0) is 9.53 Å². The van der Waals surface area contributed by atoms with E-state index in [4.69, 9.17) is 4.74 Å². The number of anilines is 1. The molecular formula is C18H27N3O3. The number of benzene rings is 1. The van der Waals surface area contributed by atoms with Crippen LogP contribution in [0.5, 0.6) is 0 Å². The van der Waals surface area contributed by atoms with Gasteiger partial charge < -0.3 is 20.7 Å². The molecule has 1 aromatic rings. The highest BCUT2D eigenvalue weighted by atomic mass is 16.5. The predicted molar refractivity (Wildman–Crippen MR) is 94.2 cm³/mol. The Morgan fingerprint density at radius 1 is 1.38 bits per heavy atom. The summed E-state index contributed by atoms with van der Waals surface area (Å²) in [5.41, 5.74) is 1.20. The molecule has 3 N–H and O–H groups in total. The molecule has 6 heteroatoms. The van der Waals surface area contributed by atoms with Crippen LogP contribution >= 0.6 is 0 Å². The zero-order valence-electron chi connectivity index (χ0n) is 14.3. The number of ether oxygens (including phenoxy) is 1. The van der Waals surface area contributed by atoms with Crippen LogP contribution in [0.25, 0.3) is 0 Å². The van der Waals surface area contributed by atoms with Crippen molar-refractivity contribution in [2.75, 3.05) is 31.6 Å². The van der Waals surface area contributed by atoms with Crippen molar-refractivity contribution >= 4 is 17.5 Å². The second kappa shape index (κ2) is 10.1. The Bertz CT molecular complexity index is 542. The number of rotatable bonds is 9. The zero-order valence-corrected chi connectivity index (χ0v) is 14.3. The van der Waals surface area contributed by atoms with Crippen molar-refractivity contribution in [3.8, 4) is 0 Å². The molecule has 0 aromatic heterocycles. The molecule has 1 atom stereocenters. The first-order valence-electron chi connectivity index (χ1n) is 8.68. The van der Waals surface area contributed by atoms with Crippen LogP contribution in [-0.4, -0.2) is 44.2 Å². The third kappa shape index (κ3) is 6.29. The molecule has 1 unspecified atom stereocenters. The molecule has 1 aromatic carbocycles. The van der Waals surface area contributed by atoms with Gasteiger partial charge in [-0.2, -0.15) is 0 Å². The van der Waals surface area contributed by atoms with E-state index in [2.05, 4.69) is 16.0 Å². The van der Waals surface area contributed by atoms with E-state index in [0.717, 1.165) is 25.8 Å². The van der Waals surface area contributed by atoms with Crippen LogP contribution in [0, 0.1) is 0 Å². The molecule has 2 rings (SSSR count). The van der Waals surface area contributed by atoms with Crippen molar-refractivity contribution < 1.29 is 14.3 Å². The summed E-state index contributed by atoms with van der Waals surface area (Å²) in [4.78, 5) is 24.2. The Morgan fingerprint density at radius 3 is 3.00 bits per heavy atom. The van der Waals surface area contributed by atoms with Gasteiger partial charge >= 0.3 is 0 Å². The van der Waals surface area contributed by atoms with Crippen LogP contribution in [0.4, 0.5) is 5.69 Å². The van der Waals surface area contributed by atoms with Crippen molar-refractivity contribution in [1.82, 2.24) is 10.6 Å². The Balaban J connectivity index is 1.79. The molecule has 0 aliphatic carbocycles. The minimum absolute atomic E-state index is 0.0244. The van der Waals surface area contributed by atoms with Crippen molar-refractivity contribution in [3.05, 3.63) is 29.8 Å². The maximum absolute atomic E-state index is 12.1. The molecule has 1 fully saturated rings. The van der Waals surface area contributed by atoms with Gasteiger partial charge in [0, 0.05) is 43.5 Å². The Hall–Kier alpha value is -1.92. The number of carbonyl (C=O) groups is 2. The molecule has 0 bridgehead atoms. The van der Waals surface area contributed by atoms with E-state index in [-0.39, 0.29) is 17.9 Å². The summed E-state index contributed by atoms with van der Waals surface area (Å²) >= 11 is 0. The number of hydrogen-bond donors (Lipinski definition) is 3. The highest BCUT2D eigenvalue weighted by Crippen LogP contribution is 2.13. The smallest absolute Gasteiger partial charge is 0.251 e. The van der Waals surface area contributed by atoms with Gasteiger partial charge in [-0.15, -0.1) is 0 Å². The summed E-state index contributed by atoms with van der Waals surface area (Å²) in [6.07, 6.45) is 3.41. The molecule has 0 radical (unpaired) electrons. The number of hydrogen-bond acceptors (Lipinski definition) is 4. The van der Waals surface area contributed by atoms with E-state index in [9.17, 15) is 9.59 Å². The van der Waals surface area contributed by atoms with E-state index >= 15 is 0 Å². The molecule has 1 saturated heterocycles. The van der Waals surface area contributed by atoms with Gasteiger partial charge in [0.15, 0.2) is 0 Å². The van der Waals surface area contributed by atoms with Crippen LogP contribution < -0.4 is 16.0 Å². The topological polar surface area (TPSA) is 79.5 Å². The van der Waals surface area contributed by atoms with Gasteiger partial charge in [0.2, 0.25) is 5.91 Å². The monoisotopic (exact) mass is 333 g/mol. The largest absolute Gasteiger partial charge is 0.382 e. The van der Waals surface area contributed by atoms with E-state index in [1.807, 2.05) is 6.92 Å². The Kier molecular flexibility index (Phi) is 7.71. The van der Waals surface area contributed by atoms with Gasteiger partial charge in [-0.1, -0.05) is 6.07 Å². The van der Waals surface area contributed by atoms with Gasteiger partial charge in [0.1, 0.15) is 0 Å². The summed E-state index contributed by atoms with van der Waals surface area (Å²) in [5.74, 6) is -0.163. The summed E-state index contributed by atoms with van der Waals surface area (Å²) in [7, 11) is 0. The van der Waals surface area contributed by atoms with Crippen LogP contribution in [0.15, 0.2) is 24.3 Å². The number of amides is 2. The summed E-state index contributed by atoms with van der Waals surface area (Å²) in [5, 5.41) is 9.03. The maximum atomic E-state index is 12.1. The van der Waals surface area contributed by atoms with Gasteiger partial charge in [-0.3, -0.25) is 9.59 Å². The first kappa shape index (κ1) is 18.4. The van der Waals surface area contributed by atoms with Crippen LogP contribution in [0.1, 0.15) is 43.0 Å². The lowest BCUT2D eigenvalue weighted by molar-refractivity contribution is -0.116.